The summed E-state index contributed by atoms with van der Waals surface area (Å²) in [7, 11) is 1.43. The molecule has 1 heterocycles. The molecule has 0 fully saturated rings. The van der Waals surface area contributed by atoms with Crippen molar-refractivity contribution >= 4 is 29.1 Å². The van der Waals surface area contributed by atoms with Gasteiger partial charge >= 0.3 is 0 Å². The zero-order valence-corrected chi connectivity index (χ0v) is 13.7. The molecule has 2 rings (SSSR count). The van der Waals surface area contributed by atoms with E-state index in [0.29, 0.717) is 11.4 Å². The molecule has 1 aromatic carbocycles. The van der Waals surface area contributed by atoms with E-state index in [1.165, 1.54) is 13.4 Å². The van der Waals surface area contributed by atoms with Crippen molar-refractivity contribution in [2.45, 2.75) is 6.42 Å². The van der Waals surface area contributed by atoms with E-state index in [-0.39, 0.29) is 43.1 Å². The van der Waals surface area contributed by atoms with Gasteiger partial charge in [0.05, 0.1) is 6.26 Å². The maximum absolute atomic E-state index is 11.9. The van der Waals surface area contributed by atoms with Gasteiger partial charge in [0.2, 0.25) is 11.8 Å². The van der Waals surface area contributed by atoms with Crippen LogP contribution in [-0.4, -0.2) is 38.0 Å². The van der Waals surface area contributed by atoms with Gasteiger partial charge in [0.25, 0.3) is 5.91 Å². The summed E-state index contributed by atoms with van der Waals surface area (Å²) in [6.07, 6.45) is 1.51. The van der Waals surface area contributed by atoms with Crippen molar-refractivity contribution in [3.8, 4) is 0 Å². The van der Waals surface area contributed by atoms with E-state index in [4.69, 9.17) is 9.15 Å². The molecule has 1 aromatic heterocycles. The van der Waals surface area contributed by atoms with Crippen LogP contribution in [0.5, 0.6) is 0 Å². The van der Waals surface area contributed by atoms with Crippen molar-refractivity contribution in [2.24, 2.45) is 0 Å². The van der Waals surface area contributed by atoms with Gasteiger partial charge in [-0.15, -0.1) is 0 Å². The molecule has 0 bridgehead atoms. The van der Waals surface area contributed by atoms with Crippen molar-refractivity contribution in [3.63, 3.8) is 0 Å². The van der Waals surface area contributed by atoms with Crippen LogP contribution in [0.1, 0.15) is 17.0 Å². The Bertz CT molecular complexity index is 728. The van der Waals surface area contributed by atoms with E-state index < -0.39 is 0 Å². The molecule has 0 spiro atoms. The summed E-state index contributed by atoms with van der Waals surface area (Å²) in [5.74, 6) is -0.729. The molecule has 0 aliphatic carbocycles. The second-order valence-electron chi connectivity index (χ2n) is 5.09. The standard InChI is InChI=1S/C17H19N3O5/c1-24-11-16(22)20-13-5-2-4-12(10-13)19-15(21)7-8-18-17(23)14-6-3-9-25-14/h2-6,9-10H,7-8,11H2,1H3,(H,18,23)(H,19,21)(H,20,22). The molecule has 2 aromatic rings. The van der Waals surface area contributed by atoms with Crippen molar-refractivity contribution in [3.05, 3.63) is 48.4 Å². The molecule has 0 radical (unpaired) electrons. The van der Waals surface area contributed by atoms with Crippen LogP contribution in [0.15, 0.2) is 47.1 Å². The highest BCUT2D eigenvalue weighted by molar-refractivity contribution is 5.95. The van der Waals surface area contributed by atoms with Gasteiger partial charge in [-0.2, -0.15) is 0 Å². The predicted molar refractivity (Wildman–Crippen MR) is 91.2 cm³/mol. The lowest BCUT2D eigenvalue weighted by molar-refractivity contribution is -0.119. The lowest BCUT2D eigenvalue weighted by Crippen LogP contribution is -2.27. The Hall–Kier alpha value is -3.13. The fourth-order valence-electron chi connectivity index (χ4n) is 2.01. The summed E-state index contributed by atoms with van der Waals surface area (Å²) in [4.78, 5) is 35.1. The quantitative estimate of drug-likeness (QED) is 0.673. The minimum atomic E-state index is -0.374. The molecular weight excluding hydrogens is 326 g/mol. The molecule has 3 amide bonds. The van der Waals surface area contributed by atoms with Crippen LogP contribution in [0, 0.1) is 0 Å². The Morgan fingerprint density at radius 3 is 2.40 bits per heavy atom. The zero-order chi connectivity index (χ0) is 18.1. The average Bonchev–Trinajstić information content (AvgIpc) is 3.09. The summed E-state index contributed by atoms with van der Waals surface area (Å²) in [6, 6.07) is 9.89. The van der Waals surface area contributed by atoms with Gasteiger partial charge in [0.15, 0.2) is 5.76 Å². The number of nitrogens with one attached hydrogen (secondary N) is 3. The molecule has 0 aliphatic heterocycles. The smallest absolute Gasteiger partial charge is 0.286 e. The second kappa shape index (κ2) is 9.24. The van der Waals surface area contributed by atoms with Crippen molar-refractivity contribution in [2.75, 3.05) is 30.9 Å². The first kappa shape index (κ1) is 18.2. The molecule has 8 heteroatoms. The first-order valence-electron chi connectivity index (χ1n) is 7.59. The van der Waals surface area contributed by atoms with E-state index in [1.54, 1.807) is 36.4 Å². The first-order valence-corrected chi connectivity index (χ1v) is 7.59. The number of hydrogen-bond acceptors (Lipinski definition) is 5. The van der Waals surface area contributed by atoms with Gasteiger partial charge in [0, 0.05) is 31.5 Å². The minimum Gasteiger partial charge on any atom is -0.459 e. The number of furan rings is 1. The third kappa shape index (κ3) is 6.11. The average molecular weight is 345 g/mol. The van der Waals surface area contributed by atoms with Crippen LogP contribution in [0.25, 0.3) is 0 Å². The Morgan fingerprint density at radius 1 is 1.04 bits per heavy atom. The lowest BCUT2D eigenvalue weighted by Gasteiger charge is -2.09. The second-order valence-corrected chi connectivity index (χ2v) is 5.09. The molecule has 0 saturated carbocycles. The topological polar surface area (TPSA) is 110 Å². The van der Waals surface area contributed by atoms with Gasteiger partial charge in [-0.25, -0.2) is 0 Å². The number of rotatable bonds is 8. The monoisotopic (exact) mass is 345 g/mol. The molecule has 0 aliphatic rings. The number of amides is 3. The Kier molecular flexibility index (Phi) is 6.73. The van der Waals surface area contributed by atoms with Gasteiger partial charge in [0.1, 0.15) is 6.61 Å². The van der Waals surface area contributed by atoms with Crippen molar-refractivity contribution in [1.29, 1.82) is 0 Å². The summed E-state index contributed by atoms with van der Waals surface area (Å²) in [5.41, 5.74) is 1.09. The summed E-state index contributed by atoms with van der Waals surface area (Å²) >= 11 is 0. The third-order valence-corrected chi connectivity index (χ3v) is 3.09. The van der Waals surface area contributed by atoms with Crippen molar-refractivity contribution < 1.29 is 23.5 Å². The van der Waals surface area contributed by atoms with E-state index in [9.17, 15) is 14.4 Å². The van der Waals surface area contributed by atoms with Crippen LogP contribution >= 0.6 is 0 Å². The van der Waals surface area contributed by atoms with Gasteiger partial charge in [-0.1, -0.05) is 6.07 Å². The number of carbonyl (C=O) groups excluding carboxylic acids is 3. The molecule has 25 heavy (non-hydrogen) atoms. The number of hydrogen-bond donors (Lipinski definition) is 3. The Labute approximate surface area is 144 Å². The van der Waals surface area contributed by atoms with Crippen LogP contribution in [0.2, 0.25) is 0 Å². The highest BCUT2D eigenvalue weighted by atomic mass is 16.5. The zero-order valence-electron chi connectivity index (χ0n) is 13.7. The lowest BCUT2D eigenvalue weighted by atomic mass is 10.2. The fraction of sp³-hybridized carbons (Fsp3) is 0.235. The molecule has 8 nitrogen and oxygen atoms in total. The SMILES string of the molecule is COCC(=O)Nc1cccc(NC(=O)CCNC(=O)c2ccco2)c1. The Balaban J connectivity index is 1.78. The molecule has 132 valence electrons. The summed E-state index contributed by atoms with van der Waals surface area (Å²) in [6.45, 7) is 0.127. The van der Waals surface area contributed by atoms with Crippen LogP contribution in [-0.2, 0) is 14.3 Å². The molecule has 0 atom stereocenters. The number of benzene rings is 1. The first-order chi connectivity index (χ1) is 12.1. The summed E-state index contributed by atoms with van der Waals surface area (Å²) in [5, 5.41) is 7.94. The van der Waals surface area contributed by atoms with Crippen LogP contribution < -0.4 is 16.0 Å². The molecular formula is C17H19N3O5. The fourth-order valence-corrected chi connectivity index (χ4v) is 2.01. The molecule has 0 saturated heterocycles. The maximum Gasteiger partial charge on any atom is 0.286 e. The summed E-state index contributed by atoms with van der Waals surface area (Å²) < 4.78 is 9.69. The van der Waals surface area contributed by atoms with E-state index in [2.05, 4.69) is 16.0 Å². The van der Waals surface area contributed by atoms with Crippen molar-refractivity contribution in [1.82, 2.24) is 5.32 Å². The molecule has 0 unspecified atom stereocenters. The maximum atomic E-state index is 11.9. The molecule has 3 N–H and O–H groups in total. The van der Waals surface area contributed by atoms with E-state index >= 15 is 0 Å². The number of carbonyl (C=O) groups is 3. The van der Waals surface area contributed by atoms with Crippen LogP contribution in [0.4, 0.5) is 11.4 Å². The third-order valence-electron chi connectivity index (χ3n) is 3.09. The number of methoxy groups -OCH3 is 1. The van der Waals surface area contributed by atoms with Crippen LogP contribution in [0.3, 0.4) is 0 Å². The van der Waals surface area contributed by atoms with E-state index in [1.807, 2.05) is 0 Å². The highest BCUT2D eigenvalue weighted by Gasteiger charge is 2.09. The van der Waals surface area contributed by atoms with Gasteiger partial charge in [-0.3, -0.25) is 14.4 Å². The number of anilines is 2. The highest BCUT2D eigenvalue weighted by Crippen LogP contribution is 2.15. The van der Waals surface area contributed by atoms with Gasteiger partial charge < -0.3 is 25.1 Å². The normalized spacial score (nSPS) is 10.1. The largest absolute Gasteiger partial charge is 0.459 e. The Morgan fingerprint density at radius 2 is 1.76 bits per heavy atom. The van der Waals surface area contributed by atoms with E-state index in [0.717, 1.165) is 0 Å². The van der Waals surface area contributed by atoms with Gasteiger partial charge in [-0.05, 0) is 30.3 Å². The number of ether oxygens (including phenoxy) is 1. The predicted octanol–water partition coefficient (Wildman–Crippen LogP) is 1.62. The minimum absolute atomic E-state index is 0.0496.